The Hall–Kier alpha value is 0.310. The van der Waals surface area contributed by atoms with Crippen LogP contribution in [0.1, 0.15) is 45.4 Å². The van der Waals surface area contributed by atoms with Gasteiger partial charge in [0.1, 0.15) is 0 Å². The number of thioether (sulfide) groups is 1. The molecule has 2 fully saturated rings. The summed E-state index contributed by atoms with van der Waals surface area (Å²) in [4.78, 5) is 0. The van der Waals surface area contributed by atoms with Crippen molar-refractivity contribution in [1.82, 2.24) is 5.32 Å². The molecule has 1 nitrogen and oxygen atoms in total. The Balaban J connectivity index is 1.81. The van der Waals surface area contributed by atoms with Crippen molar-refractivity contribution in [3.8, 4) is 0 Å². The van der Waals surface area contributed by atoms with E-state index in [1.165, 1.54) is 50.0 Å². The molecule has 3 atom stereocenters. The van der Waals surface area contributed by atoms with E-state index in [9.17, 15) is 0 Å². The molecular weight excluding hydrogens is 190 g/mol. The largest absolute Gasteiger partial charge is 0.310 e. The minimum atomic E-state index is 0.831. The van der Waals surface area contributed by atoms with E-state index < -0.39 is 0 Å². The molecule has 0 aromatic heterocycles. The molecule has 1 N–H and O–H groups in total. The second-order valence-electron chi connectivity index (χ2n) is 4.79. The smallest absolute Gasteiger partial charge is 0.0168 e. The van der Waals surface area contributed by atoms with Crippen LogP contribution in [0.2, 0.25) is 0 Å². The molecule has 1 saturated carbocycles. The van der Waals surface area contributed by atoms with Crippen LogP contribution < -0.4 is 5.32 Å². The van der Waals surface area contributed by atoms with Crippen molar-refractivity contribution in [2.75, 3.05) is 11.5 Å². The topological polar surface area (TPSA) is 12.0 Å². The minimum Gasteiger partial charge on any atom is -0.310 e. The van der Waals surface area contributed by atoms with Crippen molar-refractivity contribution in [2.45, 2.75) is 57.5 Å². The van der Waals surface area contributed by atoms with Gasteiger partial charge in [-0.2, -0.15) is 11.8 Å². The van der Waals surface area contributed by atoms with Crippen LogP contribution in [0, 0.1) is 5.92 Å². The van der Waals surface area contributed by atoms with E-state index in [1.54, 1.807) is 0 Å². The molecule has 1 aliphatic heterocycles. The molecule has 0 bridgehead atoms. The standard InChI is InChI=1S/C12H23NS/c1-2-10-5-3-4-6-12(10)13-11-7-8-14-9-11/h10-13H,2-9H2,1H3. The first kappa shape index (κ1) is 10.8. The van der Waals surface area contributed by atoms with Gasteiger partial charge in [-0.05, 0) is 30.9 Å². The normalized spacial score (nSPS) is 38.8. The van der Waals surface area contributed by atoms with E-state index >= 15 is 0 Å². The fourth-order valence-corrected chi connectivity index (χ4v) is 4.05. The quantitative estimate of drug-likeness (QED) is 0.773. The van der Waals surface area contributed by atoms with E-state index in [4.69, 9.17) is 0 Å². The van der Waals surface area contributed by atoms with Crippen molar-refractivity contribution < 1.29 is 0 Å². The third-order valence-electron chi connectivity index (χ3n) is 3.81. The summed E-state index contributed by atoms with van der Waals surface area (Å²) < 4.78 is 0. The average molecular weight is 213 g/mol. The molecule has 2 rings (SSSR count). The summed E-state index contributed by atoms with van der Waals surface area (Å²) in [6.07, 6.45) is 8.59. The zero-order valence-corrected chi connectivity index (χ0v) is 10.1. The number of nitrogens with one attached hydrogen (secondary N) is 1. The maximum absolute atomic E-state index is 3.90. The average Bonchev–Trinajstić information content (AvgIpc) is 2.71. The van der Waals surface area contributed by atoms with Gasteiger partial charge in [0.05, 0.1) is 0 Å². The van der Waals surface area contributed by atoms with Crippen LogP contribution in [0.5, 0.6) is 0 Å². The van der Waals surface area contributed by atoms with Crippen molar-refractivity contribution in [3.63, 3.8) is 0 Å². The summed E-state index contributed by atoms with van der Waals surface area (Å²) in [5.74, 6) is 3.70. The Morgan fingerprint density at radius 3 is 2.79 bits per heavy atom. The predicted octanol–water partition coefficient (Wildman–Crippen LogP) is 3.05. The van der Waals surface area contributed by atoms with Gasteiger partial charge < -0.3 is 5.32 Å². The molecule has 0 radical (unpaired) electrons. The molecule has 82 valence electrons. The summed E-state index contributed by atoms with van der Waals surface area (Å²) in [6.45, 7) is 2.36. The SMILES string of the molecule is CCC1CCCCC1NC1CCSC1. The summed E-state index contributed by atoms with van der Waals surface area (Å²) in [5, 5.41) is 3.90. The zero-order valence-electron chi connectivity index (χ0n) is 9.30. The van der Waals surface area contributed by atoms with E-state index in [0.29, 0.717) is 0 Å². The summed E-state index contributed by atoms with van der Waals surface area (Å²) >= 11 is 2.12. The Bertz CT molecular complexity index is 166. The van der Waals surface area contributed by atoms with Gasteiger partial charge in [0.25, 0.3) is 0 Å². The van der Waals surface area contributed by atoms with Gasteiger partial charge in [0.15, 0.2) is 0 Å². The van der Waals surface area contributed by atoms with Crippen molar-refractivity contribution >= 4 is 11.8 Å². The van der Waals surface area contributed by atoms with E-state index in [0.717, 1.165) is 18.0 Å². The lowest BCUT2D eigenvalue weighted by atomic mass is 9.82. The maximum Gasteiger partial charge on any atom is 0.0168 e. The fraction of sp³-hybridized carbons (Fsp3) is 1.00. The van der Waals surface area contributed by atoms with Gasteiger partial charge in [-0.15, -0.1) is 0 Å². The highest BCUT2D eigenvalue weighted by atomic mass is 32.2. The molecule has 0 aromatic rings. The Morgan fingerprint density at radius 1 is 1.21 bits per heavy atom. The predicted molar refractivity (Wildman–Crippen MR) is 64.9 cm³/mol. The zero-order chi connectivity index (χ0) is 9.80. The maximum atomic E-state index is 3.90. The van der Waals surface area contributed by atoms with Crippen molar-refractivity contribution in [1.29, 1.82) is 0 Å². The van der Waals surface area contributed by atoms with Crippen LogP contribution in [0.4, 0.5) is 0 Å². The third-order valence-corrected chi connectivity index (χ3v) is 4.98. The minimum absolute atomic E-state index is 0.831. The van der Waals surface area contributed by atoms with Gasteiger partial charge in [-0.3, -0.25) is 0 Å². The van der Waals surface area contributed by atoms with Gasteiger partial charge in [-0.25, -0.2) is 0 Å². The van der Waals surface area contributed by atoms with Crippen molar-refractivity contribution in [2.24, 2.45) is 5.92 Å². The van der Waals surface area contributed by atoms with E-state index in [-0.39, 0.29) is 0 Å². The van der Waals surface area contributed by atoms with Crippen molar-refractivity contribution in [3.05, 3.63) is 0 Å². The first-order chi connectivity index (χ1) is 6.90. The molecule has 0 amide bonds. The first-order valence-electron chi connectivity index (χ1n) is 6.24. The molecular formula is C12H23NS. The molecule has 1 heterocycles. The van der Waals surface area contributed by atoms with Gasteiger partial charge >= 0.3 is 0 Å². The van der Waals surface area contributed by atoms with E-state index in [1.807, 2.05) is 0 Å². The van der Waals surface area contributed by atoms with Gasteiger partial charge in [-0.1, -0.05) is 26.2 Å². The second kappa shape index (κ2) is 5.41. The Morgan fingerprint density at radius 2 is 2.07 bits per heavy atom. The highest BCUT2D eigenvalue weighted by Crippen LogP contribution is 2.28. The summed E-state index contributed by atoms with van der Waals surface area (Å²) in [7, 11) is 0. The van der Waals surface area contributed by atoms with Gasteiger partial charge in [0, 0.05) is 17.8 Å². The molecule has 0 spiro atoms. The Labute approximate surface area is 92.4 Å². The van der Waals surface area contributed by atoms with Crippen LogP contribution in [-0.4, -0.2) is 23.6 Å². The lowest BCUT2D eigenvalue weighted by Gasteiger charge is -2.33. The fourth-order valence-electron chi connectivity index (χ4n) is 2.88. The molecule has 2 heteroatoms. The molecule has 2 aliphatic rings. The summed E-state index contributed by atoms with van der Waals surface area (Å²) in [5.41, 5.74) is 0. The highest BCUT2D eigenvalue weighted by molar-refractivity contribution is 7.99. The second-order valence-corrected chi connectivity index (χ2v) is 5.94. The number of hydrogen-bond donors (Lipinski definition) is 1. The lowest BCUT2D eigenvalue weighted by molar-refractivity contribution is 0.241. The number of hydrogen-bond acceptors (Lipinski definition) is 2. The molecule has 3 unspecified atom stereocenters. The molecule has 0 aromatic carbocycles. The van der Waals surface area contributed by atoms with Crippen LogP contribution in [0.25, 0.3) is 0 Å². The monoisotopic (exact) mass is 213 g/mol. The van der Waals surface area contributed by atoms with Crippen LogP contribution in [0.3, 0.4) is 0 Å². The van der Waals surface area contributed by atoms with Crippen LogP contribution in [0.15, 0.2) is 0 Å². The summed E-state index contributed by atoms with van der Waals surface area (Å²) in [6, 6.07) is 1.68. The first-order valence-corrected chi connectivity index (χ1v) is 7.39. The molecule has 1 saturated heterocycles. The Kier molecular flexibility index (Phi) is 4.18. The number of rotatable bonds is 3. The lowest BCUT2D eigenvalue weighted by Crippen LogP contribution is -2.44. The highest BCUT2D eigenvalue weighted by Gasteiger charge is 2.26. The van der Waals surface area contributed by atoms with Crippen LogP contribution >= 0.6 is 11.8 Å². The molecule has 1 aliphatic carbocycles. The van der Waals surface area contributed by atoms with E-state index in [2.05, 4.69) is 24.0 Å². The molecule has 14 heavy (non-hydrogen) atoms. The third kappa shape index (κ3) is 2.66. The van der Waals surface area contributed by atoms with Gasteiger partial charge in [0.2, 0.25) is 0 Å². The van der Waals surface area contributed by atoms with Crippen LogP contribution in [-0.2, 0) is 0 Å².